The Kier molecular flexibility index (Phi) is 7.09. The second-order valence-corrected chi connectivity index (χ2v) is 15.6. The number of thiophene rings is 1. The van der Waals surface area contributed by atoms with Crippen LogP contribution in [0.25, 0.3) is 80.7 Å². The molecule has 0 bridgehead atoms. The molecular weight excluding hydrogens is 717 g/mol. The van der Waals surface area contributed by atoms with Gasteiger partial charge in [0.25, 0.3) is 0 Å². The largest absolute Gasteiger partial charge is 0.456 e. The summed E-state index contributed by atoms with van der Waals surface area (Å²) in [5.74, 6) is 1.47. The van der Waals surface area contributed by atoms with Crippen LogP contribution in [0, 0.1) is 0 Å². The molecule has 1 aliphatic rings. The highest BCUT2D eigenvalue weighted by Crippen LogP contribution is 2.43. The normalized spacial score (nSPS) is 14.5. The maximum atomic E-state index is 6.78. The number of hydrogen-bond acceptors (Lipinski definition) is 5. The van der Waals surface area contributed by atoms with E-state index in [1.807, 2.05) is 47.7 Å². The van der Waals surface area contributed by atoms with Crippen LogP contribution in [-0.2, 0) is 0 Å². The van der Waals surface area contributed by atoms with Gasteiger partial charge in [-0.2, -0.15) is 0 Å². The Bertz CT molecular complexity index is 3390. The summed E-state index contributed by atoms with van der Waals surface area (Å²) in [6.45, 7) is 0. The van der Waals surface area contributed by atoms with Gasteiger partial charge in [0.15, 0.2) is 12.0 Å². The molecule has 11 aromatic rings. The van der Waals surface area contributed by atoms with Crippen LogP contribution in [0.2, 0.25) is 0 Å². The minimum atomic E-state index is -0.400. The van der Waals surface area contributed by atoms with Gasteiger partial charge in [-0.15, -0.1) is 11.3 Å². The summed E-state index contributed by atoms with van der Waals surface area (Å²) in [4.78, 5) is 10.1. The van der Waals surface area contributed by atoms with Crippen LogP contribution in [0.5, 0.6) is 0 Å². The Morgan fingerprint density at radius 3 is 1.95 bits per heavy atom. The second-order valence-electron chi connectivity index (χ2n) is 14.6. The molecule has 6 heteroatoms. The van der Waals surface area contributed by atoms with Crippen molar-refractivity contribution in [1.29, 1.82) is 0 Å². The zero-order valence-corrected chi connectivity index (χ0v) is 31.4. The van der Waals surface area contributed by atoms with E-state index in [-0.39, 0.29) is 0 Å². The first-order chi connectivity index (χ1) is 28.2. The van der Waals surface area contributed by atoms with Crippen molar-refractivity contribution >= 4 is 86.9 Å². The van der Waals surface area contributed by atoms with Crippen LogP contribution in [0.4, 0.5) is 0 Å². The molecule has 57 heavy (non-hydrogen) atoms. The van der Waals surface area contributed by atoms with Gasteiger partial charge in [0.1, 0.15) is 17.0 Å². The number of amidine groups is 2. The standard InChI is InChI=1S/C51H32N4OS/c1-3-13-31(14-4-1)49-52-50(32-15-5-2-6-16-32)54-51(53-49)41-21-11-20-40-47-35(19-12-24-44(47)56-48(40)41)33-25-27-38-39-28-26-34(30-46(39)57-45(38)29-33)55-42-22-9-7-17-36(42)37-18-8-10-23-43(37)55/h1-30,51H,(H,52,53,54). The molecule has 0 saturated carbocycles. The Morgan fingerprint density at radius 1 is 0.526 bits per heavy atom. The topological polar surface area (TPSA) is 54.8 Å². The Balaban J connectivity index is 0.970. The first kappa shape index (κ1) is 32.0. The molecule has 0 fully saturated rings. The van der Waals surface area contributed by atoms with Gasteiger partial charge in [-0.25, -0.2) is 9.98 Å². The summed E-state index contributed by atoms with van der Waals surface area (Å²) >= 11 is 1.85. The maximum Gasteiger partial charge on any atom is 0.159 e. The van der Waals surface area contributed by atoms with Crippen LogP contribution < -0.4 is 5.32 Å². The first-order valence-corrected chi connectivity index (χ1v) is 20.0. The molecule has 0 saturated heterocycles. The average molecular weight is 749 g/mol. The fourth-order valence-electron chi connectivity index (χ4n) is 8.67. The smallest absolute Gasteiger partial charge is 0.159 e. The summed E-state index contributed by atoms with van der Waals surface area (Å²) in [7, 11) is 0. The van der Waals surface area contributed by atoms with Crippen molar-refractivity contribution in [3.63, 3.8) is 0 Å². The van der Waals surface area contributed by atoms with Crippen LogP contribution >= 0.6 is 11.3 Å². The highest BCUT2D eigenvalue weighted by molar-refractivity contribution is 7.25. The quantitative estimate of drug-likeness (QED) is 0.191. The van der Waals surface area contributed by atoms with Crippen molar-refractivity contribution in [1.82, 2.24) is 9.88 Å². The van der Waals surface area contributed by atoms with Gasteiger partial charge in [0.05, 0.1) is 11.0 Å². The molecule has 5 nitrogen and oxygen atoms in total. The van der Waals surface area contributed by atoms with E-state index in [1.54, 1.807) is 0 Å². The predicted molar refractivity (Wildman–Crippen MR) is 238 cm³/mol. The fraction of sp³-hybridized carbons (Fsp3) is 0.0196. The average Bonchev–Trinajstić information content (AvgIpc) is 3.96. The van der Waals surface area contributed by atoms with E-state index < -0.39 is 6.17 Å². The molecule has 3 aromatic heterocycles. The molecule has 0 aliphatic carbocycles. The van der Waals surface area contributed by atoms with E-state index >= 15 is 0 Å². The second kappa shape index (κ2) is 12.6. The monoisotopic (exact) mass is 748 g/mol. The lowest BCUT2D eigenvalue weighted by molar-refractivity contribution is 0.628. The predicted octanol–water partition coefficient (Wildman–Crippen LogP) is 13.2. The highest BCUT2D eigenvalue weighted by atomic mass is 32.1. The number of hydrogen-bond donors (Lipinski definition) is 1. The minimum absolute atomic E-state index is 0.400. The molecule has 1 unspecified atom stereocenters. The number of nitrogens with one attached hydrogen (secondary N) is 1. The van der Waals surface area contributed by atoms with Crippen LogP contribution in [-0.4, -0.2) is 16.2 Å². The molecule has 1 atom stereocenters. The SMILES string of the molecule is c1ccc(C2=NC(c3cccc4c3oc3cccc(-c5ccc6c(c5)sc5cc(-n7c8ccccc8c8ccccc87)ccc56)c34)NC(c3ccccc3)=N2)cc1. The number of furan rings is 1. The number of aliphatic imine (C=N–C) groups is 2. The van der Waals surface area contributed by atoms with Crippen molar-refractivity contribution in [2.45, 2.75) is 6.17 Å². The maximum absolute atomic E-state index is 6.78. The molecule has 1 N–H and O–H groups in total. The molecular formula is C51H32N4OS. The van der Waals surface area contributed by atoms with Crippen LogP contribution in [0.15, 0.2) is 196 Å². The Hall–Kier alpha value is -7.28. The third-order valence-corrected chi connectivity index (χ3v) is 12.4. The van der Waals surface area contributed by atoms with Gasteiger partial charge < -0.3 is 14.3 Å². The fourth-order valence-corrected chi connectivity index (χ4v) is 9.85. The van der Waals surface area contributed by atoms with E-state index in [2.05, 4.69) is 155 Å². The van der Waals surface area contributed by atoms with Crippen molar-refractivity contribution < 1.29 is 4.42 Å². The molecule has 8 aromatic carbocycles. The third kappa shape index (κ3) is 5.08. The van der Waals surface area contributed by atoms with Gasteiger partial charge in [-0.1, -0.05) is 146 Å². The number of nitrogens with zero attached hydrogens (tertiary/aromatic N) is 3. The van der Waals surface area contributed by atoms with E-state index in [0.29, 0.717) is 5.84 Å². The summed E-state index contributed by atoms with van der Waals surface area (Å²) in [6, 6.07) is 64.3. The third-order valence-electron chi connectivity index (χ3n) is 11.3. The number of aromatic nitrogens is 1. The lowest BCUT2D eigenvalue weighted by atomic mass is 9.97. The number of rotatable bonds is 5. The molecule has 0 spiro atoms. The van der Waals surface area contributed by atoms with Crippen molar-refractivity contribution in [2.75, 3.05) is 0 Å². The summed E-state index contributed by atoms with van der Waals surface area (Å²) < 4.78 is 11.7. The van der Waals surface area contributed by atoms with E-state index in [9.17, 15) is 0 Å². The summed E-state index contributed by atoms with van der Waals surface area (Å²) in [5.41, 5.74) is 10.5. The molecule has 0 radical (unpaired) electrons. The molecule has 0 amide bonds. The van der Waals surface area contributed by atoms with Crippen molar-refractivity contribution in [2.24, 2.45) is 9.98 Å². The zero-order valence-electron chi connectivity index (χ0n) is 30.6. The van der Waals surface area contributed by atoms with Gasteiger partial charge in [0, 0.05) is 64.1 Å². The van der Waals surface area contributed by atoms with E-state index in [0.717, 1.165) is 55.6 Å². The van der Waals surface area contributed by atoms with Gasteiger partial charge in [-0.3, -0.25) is 0 Å². The first-order valence-electron chi connectivity index (χ1n) is 19.2. The van der Waals surface area contributed by atoms with Gasteiger partial charge >= 0.3 is 0 Å². The minimum Gasteiger partial charge on any atom is -0.456 e. The van der Waals surface area contributed by atoms with E-state index in [1.165, 1.54) is 47.7 Å². The number of para-hydroxylation sites is 3. The number of fused-ring (bicyclic) bond motifs is 9. The van der Waals surface area contributed by atoms with Crippen LogP contribution in [0.3, 0.4) is 0 Å². The van der Waals surface area contributed by atoms with E-state index in [4.69, 9.17) is 14.4 Å². The molecule has 268 valence electrons. The lowest BCUT2D eigenvalue weighted by Crippen LogP contribution is -2.33. The Morgan fingerprint density at radius 2 is 1.18 bits per heavy atom. The van der Waals surface area contributed by atoms with Crippen molar-refractivity contribution in [3.05, 3.63) is 199 Å². The summed E-state index contributed by atoms with van der Waals surface area (Å²) in [6.07, 6.45) is -0.400. The molecule has 4 heterocycles. The van der Waals surface area contributed by atoms with Crippen LogP contribution in [0.1, 0.15) is 22.9 Å². The van der Waals surface area contributed by atoms with Gasteiger partial charge in [0.2, 0.25) is 0 Å². The van der Waals surface area contributed by atoms with Crippen molar-refractivity contribution in [3.8, 4) is 16.8 Å². The highest BCUT2D eigenvalue weighted by Gasteiger charge is 2.25. The lowest BCUT2D eigenvalue weighted by Gasteiger charge is -2.23. The molecule has 1 aliphatic heterocycles. The summed E-state index contributed by atoms with van der Waals surface area (Å²) in [5, 5.41) is 10.9. The molecule has 12 rings (SSSR count). The zero-order chi connectivity index (χ0) is 37.5. The number of benzene rings is 8. The van der Waals surface area contributed by atoms with Gasteiger partial charge in [-0.05, 0) is 47.5 Å². The Labute approximate surface area is 331 Å².